The Morgan fingerprint density at radius 1 is 1.44 bits per heavy atom. The number of unbranched alkanes of at least 4 members (excludes halogenated alkanes) is 1. The Balaban J connectivity index is 2.09. The van der Waals surface area contributed by atoms with Crippen molar-refractivity contribution in [2.75, 3.05) is 19.8 Å². The molecule has 0 aliphatic carbocycles. The molecule has 0 saturated heterocycles. The summed E-state index contributed by atoms with van der Waals surface area (Å²) in [4.78, 5) is 0. The third-order valence-corrected chi connectivity index (χ3v) is 3.04. The number of benzene rings is 1. The van der Waals surface area contributed by atoms with Gasteiger partial charge in [-0.25, -0.2) is 0 Å². The van der Waals surface area contributed by atoms with Crippen molar-refractivity contribution in [2.24, 2.45) is 0 Å². The zero-order valence-electron chi connectivity index (χ0n) is 10.9. The Labute approximate surface area is 118 Å². The molecule has 0 aliphatic rings. The number of ether oxygens (including phenoxy) is 1. The summed E-state index contributed by atoms with van der Waals surface area (Å²) in [6.07, 6.45) is 1.74. The summed E-state index contributed by atoms with van der Waals surface area (Å²) < 4.78 is 6.43. The number of nitrogens with one attached hydrogen (secondary N) is 1. The van der Waals surface area contributed by atoms with Crippen molar-refractivity contribution in [3.05, 3.63) is 34.3 Å². The van der Waals surface area contributed by atoms with Crippen molar-refractivity contribution in [3.8, 4) is 0 Å². The van der Waals surface area contributed by atoms with Gasteiger partial charge in [0.1, 0.15) is 0 Å². The molecule has 102 valence electrons. The van der Waals surface area contributed by atoms with E-state index >= 15 is 0 Å². The van der Waals surface area contributed by atoms with E-state index in [1.807, 2.05) is 12.1 Å². The molecule has 0 heterocycles. The summed E-state index contributed by atoms with van der Waals surface area (Å²) in [6.45, 7) is 4.58. The number of aliphatic hydroxyl groups excluding tert-OH is 1. The van der Waals surface area contributed by atoms with Crippen molar-refractivity contribution >= 4 is 15.9 Å². The largest absolute Gasteiger partial charge is 0.389 e. The quantitative estimate of drug-likeness (QED) is 0.688. The van der Waals surface area contributed by atoms with E-state index in [0.717, 1.165) is 30.5 Å². The van der Waals surface area contributed by atoms with Gasteiger partial charge in [0.2, 0.25) is 0 Å². The SMILES string of the molecule is CCCCOCC(O)CNCc1cccc(Br)c1. The van der Waals surface area contributed by atoms with Crippen LogP contribution in [0.25, 0.3) is 0 Å². The van der Waals surface area contributed by atoms with Crippen LogP contribution in [-0.4, -0.2) is 31.0 Å². The molecule has 0 saturated carbocycles. The van der Waals surface area contributed by atoms with Gasteiger partial charge in [0, 0.05) is 24.2 Å². The average molecular weight is 316 g/mol. The Bertz CT molecular complexity index is 333. The average Bonchev–Trinajstić information content (AvgIpc) is 2.35. The van der Waals surface area contributed by atoms with Gasteiger partial charge >= 0.3 is 0 Å². The Morgan fingerprint density at radius 3 is 3.00 bits per heavy atom. The third-order valence-electron chi connectivity index (χ3n) is 2.55. The first-order valence-corrected chi connectivity index (χ1v) is 7.22. The molecule has 1 atom stereocenters. The molecular weight excluding hydrogens is 294 g/mol. The molecule has 1 aromatic rings. The summed E-state index contributed by atoms with van der Waals surface area (Å²) in [5.41, 5.74) is 1.20. The molecule has 0 bridgehead atoms. The smallest absolute Gasteiger partial charge is 0.0897 e. The second-order valence-corrected chi connectivity index (χ2v) is 5.26. The van der Waals surface area contributed by atoms with E-state index in [9.17, 15) is 5.11 Å². The van der Waals surface area contributed by atoms with Crippen molar-refractivity contribution in [1.82, 2.24) is 5.32 Å². The normalized spacial score (nSPS) is 12.6. The Morgan fingerprint density at radius 2 is 2.28 bits per heavy atom. The molecular formula is C14H22BrNO2. The van der Waals surface area contributed by atoms with Crippen LogP contribution in [0.2, 0.25) is 0 Å². The monoisotopic (exact) mass is 315 g/mol. The number of halogens is 1. The first-order chi connectivity index (χ1) is 8.72. The molecule has 1 unspecified atom stereocenters. The topological polar surface area (TPSA) is 41.5 Å². The Kier molecular flexibility index (Phi) is 8.25. The predicted octanol–water partition coefficient (Wildman–Crippen LogP) is 2.72. The molecule has 0 spiro atoms. The maximum absolute atomic E-state index is 9.68. The van der Waals surface area contributed by atoms with Crippen LogP contribution in [-0.2, 0) is 11.3 Å². The summed E-state index contributed by atoms with van der Waals surface area (Å²) >= 11 is 3.43. The number of hydrogen-bond acceptors (Lipinski definition) is 3. The summed E-state index contributed by atoms with van der Waals surface area (Å²) in [5, 5.41) is 12.9. The zero-order chi connectivity index (χ0) is 13.2. The molecule has 0 fully saturated rings. The molecule has 18 heavy (non-hydrogen) atoms. The summed E-state index contributed by atoms with van der Waals surface area (Å²) in [6, 6.07) is 8.13. The minimum atomic E-state index is -0.436. The minimum Gasteiger partial charge on any atom is -0.389 e. The maximum atomic E-state index is 9.68. The highest BCUT2D eigenvalue weighted by Gasteiger charge is 2.03. The van der Waals surface area contributed by atoms with Crippen LogP contribution in [0.3, 0.4) is 0 Å². The van der Waals surface area contributed by atoms with Gasteiger partial charge in [-0.2, -0.15) is 0 Å². The van der Waals surface area contributed by atoms with E-state index in [0.29, 0.717) is 13.2 Å². The predicted molar refractivity (Wildman–Crippen MR) is 77.6 cm³/mol. The van der Waals surface area contributed by atoms with Gasteiger partial charge in [-0.05, 0) is 24.1 Å². The van der Waals surface area contributed by atoms with Gasteiger partial charge in [0.25, 0.3) is 0 Å². The van der Waals surface area contributed by atoms with Crippen LogP contribution >= 0.6 is 15.9 Å². The van der Waals surface area contributed by atoms with Crippen LogP contribution in [0.15, 0.2) is 28.7 Å². The fourth-order valence-corrected chi connectivity index (χ4v) is 2.00. The lowest BCUT2D eigenvalue weighted by Crippen LogP contribution is -2.30. The van der Waals surface area contributed by atoms with E-state index in [-0.39, 0.29) is 0 Å². The van der Waals surface area contributed by atoms with Crippen LogP contribution in [0.5, 0.6) is 0 Å². The molecule has 0 amide bonds. The molecule has 1 aromatic carbocycles. The van der Waals surface area contributed by atoms with Gasteiger partial charge < -0.3 is 15.2 Å². The van der Waals surface area contributed by atoms with Gasteiger partial charge in [-0.1, -0.05) is 41.4 Å². The summed E-state index contributed by atoms with van der Waals surface area (Å²) in [5.74, 6) is 0. The van der Waals surface area contributed by atoms with Gasteiger partial charge in [-0.15, -0.1) is 0 Å². The second-order valence-electron chi connectivity index (χ2n) is 4.34. The van der Waals surface area contributed by atoms with E-state index in [1.54, 1.807) is 0 Å². The van der Waals surface area contributed by atoms with E-state index in [2.05, 4.69) is 40.3 Å². The molecule has 0 aromatic heterocycles. The lowest BCUT2D eigenvalue weighted by atomic mass is 10.2. The fourth-order valence-electron chi connectivity index (χ4n) is 1.55. The first-order valence-electron chi connectivity index (χ1n) is 6.43. The zero-order valence-corrected chi connectivity index (χ0v) is 12.4. The summed E-state index contributed by atoms with van der Waals surface area (Å²) in [7, 11) is 0. The number of aliphatic hydroxyl groups is 1. The number of hydrogen-bond donors (Lipinski definition) is 2. The highest BCUT2D eigenvalue weighted by atomic mass is 79.9. The number of rotatable bonds is 9. The van der Waals surface area contributed by atoms with E-state index < -0.39 is 6.10 Å². The molecule has 3 nitrogen and oxygen atoms in total. The van der Waals surface area contributed by atoms with Gasteiger partial charge in [0.05, 0.1) is 12.7 Å². The van der Waals surface area contributed by atoms with Crippen LogP contribution in [0.4, 0.5) is 0 Å². The maximum Gasteiger partial charge on any atom is 0.0897 e. The molecule has 1 rings (SSSR count). The van der Waals surface area contributed by atoms with Crippen LogP contribution in [0, 0.1) is 0 Å². The molecule has 4 heteroatoms. The fraction of sp³-hybridized carbons (Fsp3) is 0.571. The van der Waals surface area contributed by atoms with Gasteiger partial charge in [0.15, 0.2) is 0 Å². The highest BCUT2D eigenvalue weighted by Crippen LogP contribution is 2.11. The van der Waals surface area contributed by atoms with Gasteiger partial charge in [-0.3, -0.25) is 0 Å². The van der Waals surface area contributed by atoms with Crippen LogP contribution in [0.1, 0.15) is 25.3 Å². The van der Waals surface area contributed by atoms with Crippen LogP contribution < -0.4 is 5.32 Å². The van der Waals surface area contributed by atoms with Crippen molar-refractivity contribution in [2.45, 2.75) is 32.4 Å². The van der Waals surface area contributed by atoms with Crippen molar-refractivity contribution in [1.29, 1.82) is 0 Å². The standard InChI is InChI=1S/C14H22BrNO2/c1-2-3-7-18-11-14(17)10-16-9-12-5-4-6-13(15)8-12/h4-6,8,14,16-17H,2-3,7,9-11H2,1H3. The first kappa shape index (κ1) is 15.6. The molecule has 2 N–H and O–H groups in total. The highest BCUT2D eigenvalue weighted by molar-refractivity contribution is 9.10. The van der Waals surface area contributed by atoms with E-state index in [1.165, 1.54) is 5.56 Å². The van der Waals surface area contributed by atoms with Crippen molar-refractivity contribution < 1.29 is 9.84 Å². The Hall–Kier alpha value is -0.420. The minimum absolute atomic E-state index is 0.408. The third kappa shape index (κ3) is 7.11. The van der Waals surface area contributed by atoms with E-state index in [4.69, 9.17) is 4.74 Å². The molecule has 0 aliphatic heterocycles. The lowest BCUT2D eigenvalue weighted by molar-refractivity contribution is 0.0358. The van der Waals surface area contributed by atoms with Crippen molar-refractivity contribution in [3.63, 3.8) is 0 Å². The second kappa shape index (κ2) is 9.50. The molecule has 0 radical (unpaired) electrons. The lowest BCUT2D eigenvalue weighted by Gasteiger charge is -2.12.